The van der Waals surface area contributed by atoms with E-state index in [0.29, 0.717) is 0 Å². The molecule has 0 aliphatic carbocycles. The number of rotatable bonds is 4. The van der Waals surface area contributed by atoms with Crippen molar-refractivity contribution in [2.75, 3.05) is 10.6 Å². The van der Waals surface area contributed by atoms with Crippen molar-refractivity contribution >= 4 is 23.2 Å². The zero-order valence-corrected chi connectivity index (χ0v) is 13.7. The first kappa shape index (κ1) is 18.5. The first-order valence-corrected chi connectivity index (χ1v) is 7.50. The number of anilines is 2. The van der Waals surface area contributed by atoms with Gasteiger partial charge in [0.05, 0.1) is 17.7 Å². The molecule has 0 aliphatic heterocycles. The number of carbonyl (C=O) groups excluding carboxylic acids is 2. The number of carbonyl (C=O) groups is 2. The largest absolute Gasteiger partial charge is 0.418 e. The van der Waals surface area contributed by atoms with E-state index in [9.17, 15) is 22.8 Å². The Morgan fingerprint density at radius 2 is 1.72 bits per heavy atom. The summed E-state index contributed by atoms with van der Waals surface area (Å²) in [6.45, 7) is 3.02. The minimum Gasteiger partial charge on any atom is -0.326 e. The number of hydrogen-bond donors (Lipinski definition) is 2. The maximum atomic E-state index is 13.2. The molecule has 0 aliphatic rings. The summed E-state index contributed by atoms with van der Waals surface area (Å²) in [4.78, 5) is 23.1. The van der Waals surface area contributed by atoms with Gasteiger partial charge in [-0.25, -0.2) is 0 Å². The van der Waals surface area contributed by atoms with Gasteiger partial charge in [0.15, 0.2) is 0 Å². The van der Waals surface area contributed by atoms with Crippen LogP contribution < -0.4 is 10.6 Å². The van der Waals surface area contributed by atoms with Crippen LogP contribution in [0.1, 0.15) is 23.6 Å². The molecule has 2 aromatic carbocycles. The van der Waals surface area contributed by atoms with Crippen LogP contribution in [0.3, 0.4) is 0 Å². The fraction of sp³-hybridized carbons (Fsp3) is 0.222. The van der Waals surface area contributed by atoms with Gasteiger partial charge in [-0.2, -0.15) is 13.2 Å². The van der Waals surface area contributed by atoms with Crippen LogP contribution in [0.5, 0.6) is 0 Å². The number of nitrogens with one attached hydrogen (secondary N) is 2. The third kappa shape index (κ3) is 5.07. The standard InChI is InChI=1S/C18H17F3N2O2/c1-11-5-3-4-6-13(11)9-17(25)23-16-8-7-14(22-12(2)24)10-15(16)18(19,20)21/h3-8,10H,9H2,1-2H3,(H,22,24)(H,23,25). The third-order valence-electron chi connectivity index (χ3n) is 3.53. The molecule has 2 rings (SSSR count). The summed E-state index contributed by atoms with van der Waals surface area (Å²) in [5.74, 6) is -1.03. The highest BCUT2D eigenvalue weighted by Crippen LogP contribution is 2.36. The molecule has 0 atom stereocenters. The first-order valence-electron chi connectivity index (χ1n) is 7.50. The number of aryl methyl sites for hydroxylation is 1. The predicted octanol–water partition coefficient (Wildman–Crippen LogP) is 4.15. The summed E-state index contributed by atoms with van der Waals surface area (Å²) >= 11 is 0. The van der Waals surface area contributed by atoms with Crippen LogP contribution in [0.25, 0.3) is 0 Å². The lowest BCUT2D eigenvalue weighted by Gasteiger charge is -2.16. The SMILES string of the molecule is CC(=O)Nc1ccc(NC(=O)Cc2ccccc2C)c(C(F)(F)F)c1. The molecule has 0 radical (unpaired) electrons. The Morgan fingerprint density at radius 3 is 2.32 bits per heavy atom. The van der Waals surface area contributed by atoms with Crippen LogP contribution in [0.15, 0.2) is 42.5 Å². The molecule has 2 aromatic rings. The zero-order chi connectivity index (χ0) is 18.6. The van der Waals surface area contributed by atoms with Gasteiger partial charge < -0.3 is 10.6 Å². The molecule has 0 unspecified atom stereocenters. The van der Waals surface area contributed by atoms with Crippen molar-refractivity contribution in [3.8, 4) is 0 Å². The van der Waals surface area contributed by atoms with Crippen molar-refractivity contribution < 1.29 is 22.8 Å². The van der Waals surface area contributed by atoms with E-state index >= 15 is 0 Å². The van der Waals surface area contributed by atoms with Crippen molar-refractivity contribution in [3.63, 3.8) is 0 Å². The molecule has 0 saturated heterocycles. The second-order valence-corrected chi connectivity index (χ2v) is 5.59. The predicted molar refractivity (Wildman–Crippen MR) is 89.3 cm³/mol. The van der Waals surface area contributed by atoms with Crippen molar-refractivity contribution in [2.45, 2.75) is 26.4 Å². The molecule has 0 saturated carbocycles. The molecule has 25 heavy (non-hydrogen) atoms. The Hall–Kier alpha value is -2.83. The number of alkyl halides is 3. The fourth-order valence-electron chi connectivity index (χ4n) is 2.34. The average molecular weight is 350 g/mol. The smallest absolute Gasteiger partial charge is 0.326 e. The highest BCUT2D eigenvalue weighted by atomic mass is 19.4. The van der Waals surface area contributed by atoms with Crippen molar-refractivity contribution in [1.29, 1.82) is 0 Å². The van der Waals surface area contributed by atoms with Crippen LogP contribution in [0.2, 0.25) is 0 Å². The highest BCUT2D eigenvalue weighted by molar-refractivity contribution is 5.94. The normalized spacial score (nSPS) is 11.1. The summed E-state index contributed by atoms with van der Waals surface area (Å²) in [5.41, 5.74) is 0.270. The third-order valence-corrected chi connectivity index (χ3v) is 3.53. The van der Waals surface area contributed by atoms with E-state index in [4.69, 9.17) is 0 Å². The molecule has 0 fully saturated rings. The van der Waals surface area contributed by atoms with Gasteiger partial charge in [0.2, 0.25) is 11.8 Å². The van der Waals surface area contributed by atoms with E-state index in [0.717, 1.165) is 23.3 Å². The minimum atomic E-state index is -4.67. The van der Waals surface area contributed by atoms with Gasteiger partial charge in [-0.05, 0) is 36.2 Å². The van der Waals surface area contributed by atoms with Gasteiger partial charge >= 0.3 is 6.18 Å². The second-order valence-electron chi connectivity index (χ2n) is 5.59. The Kier molecular flexibility index (Phi) is 5.46. The van der Waals surface area contributed by atoms with Crippen LogP contribution in [-0.2, 0) is 22.2 Å². The van der Waals surface area contributed by atoms with Gasteiger partial charge in [-0.15, -0.1) is 0 Å². The minimum absolute atomic E-state index is 0.0109. The lowest BCUT2D eigenvalue weighted by Crippen LogP contribution is -2.19. The maximum absolute atomic E-state index is 13.2. The summed E-state index contributed by atoms with van der Waals surface area (Å²) < 4.78 is 39.7. The number of amides is 2. The molecule has 4 nitrogen and oxygen atoms in total. The van der Waals surface area contributed by atoms with Crippen molar-refractivity contribution in [1.82, 2.24) is 0 Å². The van der Waals surface area contributed by atoms with E-state index in [-0.39, 0.29) is 17.8 Å². The fourth-order valence-corrected chi connectivity index (χ4v) is 2.34. The highest BCUT2D eigenvalue weighted by Gasteiger charge is 2.34. The second kappa shape index (κ2) is 7.38. The summed E-state index contributed by atoms with van der Waals surface area (Å²) in [6.07, 6.45) is -4.70. The van der Waals surface area contributed by atoms with E-state index < -0.39 is 23.6 Å². The van der Waals surface area contributed by atoms with Crippen molar-refractivity contribution in [3.05, 3.63) is 59.2 Å². The quantitative estimate of drug-likeness (QED) is 0.870. The molecule has 0 spiro atoms. The van der Waals surface area contributed by atoms with Gasteiger partial charge in [-0.3, -0.25) is 9.59 Å². The van der Waals surface area contributed by atoms with Gasteiger partial charge in [0.1, 0.15) is 0 Å². The molecule has 0 heterocycles. The zero-order valence-electron chi connectivity index (χ0n) is 13.7. The summed E-state index contributed by atoms with van der Waals surface area (Å²) in [6, 6.07) is 10.4. The van der Waals surface area contributed by atoms with E-state index in [1.165, 1.54) is 13.0 Å². The summed E-state index contributed by atoms with van der Waals surface area (Å²) in [5, 5.41) is 4.60. The molecule has 2 amide bonds. The number of hydrogen-bond acceptors (Lipinski definition) is 2. The number of benzene rings is 2. The lowest BCUT2D eigenvalue weighted by molar-refractivity contribution is -0.137. The molecule has 2 N–H and O–H groups in total. The van der Waals surface area contributed by atoms with Gasteiger partial charge in [-0.1, -0.05) is 24.3 Å². The lowest BCUT2D eigenvalue weighted by atomic mass is 10.1. The van der Waals surface area contributed by atoms with Crippen LogP contribution in [-0.4, -0.2) is 11.8 Å². The van der Waals surface area contributed by atoms with Gasteiger partial charge in [0.25, 0.3) is 0 Å². The monoisotopic (exact) mass is 350 g/mol. The van der Waals surface area contributed by atoms with E-state index in [1.807, 2.05) is 19.1 Å². The van der Waals surface area contributed by atoms with Crippen LogP contribution >= 0.6 is 0 Å². The van der Waals surface area contributed by atoms with Crippen LogP contribution in [0.4, 0.5) is 24.5 Å². The van der Waals surface area contributed by atoms with Crippen molar-refractivity contribution in [2.24, 2.45) is 0 Å². The molecule has 0 aromatic heterocycles. The maximum Gasteiger partial charge on any atom is 0.418 e. The summed E-state index contributed by atoms with van der Waals surface area (Å²) in [7, 11) is 0. The Labute approximate surface area is 143 Å². The Morgan fingerprint density at radius 1 is 1.04 bits per heavy atom. The molecule has 132 valence electrons. The Balaban J connectivity index is 2.24. The Bertz CT molecular complexity index is 801. The van der Waals surface area contributed by atoms with E-state index in [2.05, 4.69) is 10.6 Å². The topological polar surface area (TPSA) is 58.2 Å². The molecular formula is C18H17F3N2O2. The van der Waals surface area contributed by atoms with Crippen LogP contribution in [0, 0.1) is 6.92 Å². The number of halogens is 3. The average Bonchev–Trinajstić information content (AvgIpc) is 2.49. The molecule has 0 bridgehead atoms. The molecular weight excluding hydrogens is 333 g/mol. The molecule has 7 heteroatoms. The first-order chi connectivity index (χ1) is 11.7. The van der Waals surface area contributed by atoms with E-state index in [1.54, 1.807) is 12.1 Å². The van der Waals surface area contributed by atoms with Gasteiger partial charge in [0, 0.05) is 12.6 Å².